The third-order valence-corrected chi connectivity index (χ3v) is 5.38. The summed E-state index contributed by atoms with van der Waals surface area (Å²) < 4.78 is 11.6. The molecule has 2 aliphatic rings. The quantitative estimate of drug-likeness (QED) is 0.704. The maximum absolute atomic E-state index is 12.4. The molecule has 0 amide bonds. The first kappa shape index (κ1) is 15.9. The first-order chi connectivity index (χ1) is 13.1. The van der Waals surface area contributed by atoms with Gasteiger partial charge in [-0.25, -0.2) is 9.59 Å². The highest BCUT2D eigenvalue weighted by molar-refractivity contribution is 5.89. The van der Waals surface area contributed by atoms with E-state index in [4.69, 9.17) is 9.15 Å². The zero-order chi connectivity index (χ0) is 18.5. The Bertz CT molecular complexity index is 1150. The van der Waals surface area contributed by atoms with Gasteiger partial charge in [-0.05, 0) is 55.2 Å². The first-order valence-electron chi connectivity index (χ1n) is 8.93. The minimum absolute atomic E-state index is 0.223. The molecule has 0 saturated carbocycles. The normalized spacial score (nSPS) is 15.3. The fourth-order valence-electron chi connectivity index (χ4n) is 4.05. The van der Waals surface area contributed by atoms with Crippen LogP contribution in [-0.2, 0) is 19.4 Å². The van der Waals surface area contributed by atoms with Crippen LogP contribution in [-0.4, -0.2) is 17.8 Å². The van der Waals surface area contributed by atoms with E-state index in [0.717, 1.165) is 47.0 Å². The predicted octanol–water partition coefficient (Wildman–Crippen LogP) is 3.34. The molecule has 3 aromatic rings. The van der Waals surface area contributed by atoms with Crippen molar-refractivity contribution in [3.05, 3.63) is 69.1 Å². The van der Waals surface area contributed by atoms with E-state index in [1.807, 2.05) is 23.1 Å². The van der Waals surface area contributed by atoms with Gasteiger partial charge in [0.2, 0.25) is 0 Å². The zero-order valence-corrected chi connectivity index (χ0v) is 14.5. The lowest BCUT2D eigenvalue weighted by Gasteiger charge is -2.31. The summed E-state index contributed by atoms with van der Waals surface area (Å²) in [5, 5.41) is 10.2. The second-order valence-electron chi connectivity index (χ2n) is 6.95. The minimum atomic E-state index is -0.970. The van der Waals surface area contributed by atoms with Crippen LogP contribution in [0.2, 0.25) is 0 Å². The molecule has 27 heavy (non-hydrogen) atoms. The number of nitrogens with zero attached hydrogens (tertiary/aromatic N) is 1. The lowest BCUT2D eigenvalue weighted by molar-refractivity contribution is 0.0697. The molecule has 0 spiro atoms. The third kappa shape index (κ3) is 2.48. The molecule has 0 bridgehead atoms. The van der Waals surface area contributed by atoms with Gasteiger partial charge in [0.15, 0.2) is 6.73 Å². The van der Waals surface area contributed by atoms with E-state index in [1.165, 1.54) is 0 Å². The number of anilines is 1. The summed E-state index contributed by atoms with van der Waals surface area (Å²) in [6.45, 7) is 0.786. The van der Waals surface area contributed by atoms with E-state index in [-0.39, 0.29) is 11.2 Å². The Labute approximate surface area is 154 Å². The van der Waals surface area contributed by atoms with Crippen molar-refractivity contribution in [1.29, 1.82) is 0 Å². The largest absolute Gasteiger partial charge is 0.478 e. The average molecular weight is 363 g/mol. The number of carboxylic acid groups (broad SMARTS) is 1. The summed E-state index contributed by atoms with van der Waals surface area (Å²) in [7, 11) is 0. The van der Waals surface area contributed by atoms with Crippen LogP contribution in [0, 0.1) is 0 Å². The van der Waals surface area contributed by atoms with Crippen LogP contribution in [0.3, 0.4) is 0 Å². The van der Waals surface area contributed by atoms with Crippen molar-refractivity contribution in [2.75, 3.05) is 11.6 Å². The first-order valence-corrected chi connectivity index (χ1v) is 8.93. The molecule has 0 radical (unpaired) electrons. The topological polar surface area (TPSA) is 80.0 Å². The van der Waals surface area contributed by atoms with Crippen LogP contribution in [0.1, 0.15) is 33.5 Å². The average Bonchev–Trinajstić information content (AvgIpc) is 3.18. The number of ether oxygens (including phenoxy) is 1. The molecule has 2 heterocycles. The summed E-state index contributed by atoms with van der Waals surface area (Å²) in [5.74, 6) is -0.267. The van der Waals surface area contributed by atoms with Gasteiger partial charge in [-0.1, -0.05) is 6.07 Å². The molecule has 5 rings (SSSR count). The van der Waals surface area contributed by atoms with E-state index in [2.05, 4.69) is 0 Å². The van der Waals surface area contributed by atoms with E-state index < -0.39 is 5.97 Å². The van der Waals surface area contributed by atoms with Crippen molar-refractivity contribution in [2.24, 2.45) is 0 Å². The maximum Gasteiger partial charge on any atom is 0.339 e. The Hall–Kier alpha value is -3.28. The van der Waals surface area contributed by atoms with Crippen LogP contribution in [0.4, 0.5) is 5.69 Å². The summed E-state index contributed by atoms with van der Waals surface area (Å²) in [6.07, 6.45) is 2.64. The van der Waals surface area contributed by atoms with Gasteiger partial charge in [-0.2, -0.15) is 0 Å². The number of carboxylic acids is 1. The molecule has 0 atom stereocenters. The van der Waals surface area contributed by atoms with Crippen molar-refractivity contribution in [3.8, 4) is 5.75 Å². The summed E-state index contributed by atoms with van der Waals surface area (Å²) in [6, 6.07) is 10.6. The van der Waals surface area contributed by atoms with Crippen molar-refractivity contribution in [1.82, 2.24) is 0 Å². The molecule has 0 fully saturated rings. The Morgan fingerprint density at radius 3 is 2.78 bits per heavy atom. The number of benzene rings is 2. The van der Waals surface area contributed by atoms with E-state index in [9.17, 15) is 14.7 Å². The molecule has 1 aliphatic heterocycles. The number of carbonyl (C=O) groups is 1. The van der Waals surface area contributed by atoms with Crippen LogP contribution in [0.25, 0.3) is 11.0 Å². The highest BCUT2D eigenvalue weighted by atomic mass is 16.5. The van der Waals surface area contributed by atoms with Gasteiger partial charge in [0.1, 0.15) is 11.3 Å². The highest BCUT2D eigenvalue weighted by Crippen LogP contribution is 2.37. The zero-order valence-electron chi connectivity index (χ0n) is 14.5. The fraction of sp³-hybridized carbons (Fsp3) is 0.238. The molecule has 6 heteroatoms. The monoisotopic (exact) mass is 363 g/mol. The number of hydrogen-bond donors (Lipinski definition) is 1. The smallest absolute Gasteiger partial charge is 0.339 e. The molecule has 1 aromatic heterocycles. The second-order valence-corrected chi connectivity index (χ2v) is 6.95. The number of fused-ring (bicyclic) bond motifs is 5. The Morgan fingerprint density at radius 2 is 1.93 bits per heavy atom. The molecule has 0 saturated heterocycles. The lowest BCUT2D eigenvalue weighted by atomic mass is 10.0. The van der Waals surface area contributed by atoms with Gasteiger partial charge in [-0.3, -0.25) is 0 Å². The fourth-order valence-corrected chi connectivity index (χ4v) is 4.05. The number of aromatic carboxylic acids is 1. The van der Waals surface area contributed by atoms with E-state index in [1.54, 1.807) is 18.2 Å². The van der Waals surface area contributed by atoms with E-state index in [0.29, 0.717) is 24.6 Å². The molecule has 6 nitrogen and oxygen atoms in total. The van der Waals surface area contributed by atoms with Crippen LogP contribution in [0.15, 0.2) is 45.6 Å². The van der Waals surface area contributed by atoms with Crippen LogP contribution in [0.5, 0.6) is 5.75 Å². The number of rotatable bonds is 2. The second kappa shape index (κ2) is 5.87. The molecular formula is C21H17NO5. The Morgan fingerprint density at radius 1 is 1.07 bits per heavy atom. The van der Waals surface area contributed by atoms with Crippen molar-refractivity contribution in [2.45, 2.75) is 25.8 Å². The molecule has 0 unspecified atom stereocenters. The standard InChI is InChI=1S/C21H17NO5/c23-20(24)12-3-1-4-13(9-12)22-10-17-18(26-11-22)8-7-15-14-5-2-6-16(14)21(25)27-19(15)17/h1,3-4,7-9H,2,5-6,10-11H2,(H,23,24). The molecule has 1 N–H and O–H groups in total. The number of aryl methyl sites for hydroxylation is 1. The molecule has 2 aromatic carbocycles. The number of hydrogen-bond acceptors (Lipinski definition) is 5. The summed E-state index contributed by atoms with van der Waals surface area (Å²) >= 11 is 0. The Balaban J connectivity index is 1.62. The van der Waals surface area contributed by atoms with Gasteiger partial charge in [0, 0.05) is 16.6 Å². The lowest BCUT2D eigenvalue weighted by Crippen LogP contribution is -2.32. The van der Waals surface area contributed by atoms with Crippen LogP contribution < -0.4 is 15.3 Å². The van der Waals surface area contributed by atoms with Crippen molar-refractivity contribution in [3.63, 3.8) is 0 Å². The maximum atomic E-state index is 12.4. The van der Waals surface area contributed by atoms with Gasteiger partial charge >= 0.3 is 11.6 Å². The molecule has 136 valence electrons. The molecule has 1 aliphatic carbocycles. The van der Waals surface area contributed by atoms with Gasteiger partial charge < -0.3 is 19.2 Å². The SMILES string of the molecule is O=C(O)c1cccc(N2COc3ccc4c5c(c(=O)oc4c3C2)CCC5)c1. The van der Waals surface area contributed by atoms with Crippen molar-refractivity contribution < 1.29 is 19.1 Å². The third-order valence-electron chi connectivity index (χ3n) is 5.38. The van der Waals surface area contributed by atoms with Gasteiger partial charge in [0.25, 0.3) is 0 Å². The van der Waals surface area contributed by atoms with E-state index >= 15 is 0 Å². The summed E-state index contributed by atoms with van der Waals surface area (Å²) in [5.41, 5.74) is 4.01. The van der Waals surface area contributed by atoms with Crippen molar-refractivity contribution >= 4 is 22.6 Å². The van der Waals surface area contributed by atoms with Crippen LogP contribution >= 0.6 is 0 Å². The Kier molecular flexibility index (Phi) is 3.47. The van der Waals surface area contributed by atoms with Gasteiger partial charge in [0.05, 0.1) is 17.7 Å². The van der Waals surface area contributed by atoms with Gasteiger partial charge in [-0.15, -0.1) is 0 Å². The minimum Gasteiger partial charge on any atom is -0.478 e. The predicted molar refractivity (Wildman–Crippen MR) is 99.6 cm³/mol. The highest BCUT2D eigenvalue weighted by Gasteiger charge is 2.26. The summed E-state index contributed by atoms with van der Waals surface area (Å²) in [4.78, 5) is 25.6. The molecular weight excluding hydrogens is 346 g/mol.